The third-order valence-corrected chi connectivity index (χ3v) is 6.40. The van der Waals surface area contributed by atoms with Crippen LogP contribution in [0.15, 0.2) is 22.6 Å². The SMILES string of the molecule is COc1ccc(C)cc1NC(=O)C1CCCN1C(=O)c1oc2c(c1C)C(=O)CC(C)(C)C2. The molecule has 1 atom stereocenters. The molecule has 2 amide bonds. The van der Waals surface area contributed by atoms with Crippen molar-refractivity contribution < 1.29 is 23.5 Å². The van der Waals surface area contributed by atoms with Gasteiger partial charge in [-0.2, -0.15) is 0 Å². The number of methoxy groups -OCH3 is 1. The van der Waals surface area contributed by atoms with Gasteiger partial charge in [0.05, 0.1) is 18.4 Å². The summed E-state index contributed by atoms with van der Waals surface area (Å²) >= 11 is 0. The second-order valence-corrected chi connectivity index (χ2v) is 9.64. The van der Waals surface area contributed by atoms with E-state index in [1.807, 2.05) is 32.9 Å². The van der Waals surface area contributed by atoms with E-state index < -0.39 is 6.04 Å². The number of hydrogen-bond acceptors (Lipinski definition) is 5. The van der Waals surface area contributed by atoms with Crippen molar-refractivity contribution in [2.75, 3.05) is 19.0 Å². The Kier molecular flexibility index (Phi) is 5.61. The van der Waals surface area contributed by atoms with Gasteiger partial charge < -0.3 is 19.4 Å². The van der Waals surface area contributed by atoms with Gasteiger partial charge >= 0.3 is 0 Å². The average molecular weight is 439 g/mol. The van der Waals surface area contributed by atoms with Gasteiger partial charge in [-0.15, -0.1) is 0 Å². The summed E-state index contributed by atoms with van der Waals surface area (Å²) in [6.07, 6.45) is 2.33. The van der Waals surface area contributed by atoms with Crippen LogP contribution in [0.3, 0.4) is 0 Å². The molecule has 32 heavy (non-hydrogen) atoms. The van der Waals surface area contributed by atoms with Crippen LogP contribution in [0.5, 0.6) is 5.75 Å². The molecular formula is C25H30N2O5. The molecule has 4 rings (SSSR count). The van der Waals surface area contributed by atoms with Crippen molar-refractivity contribution in [3.8, 4) is 5.75 Å². The van der Waals surface area contributed by atoms with E-state index in [2.05, 4.69) is 5.32 Å². The van der Waals surface area contributed by atoms with Crippen LogP contribution >= 0.6 is 0 Å². The number of carbonyl (C=O) groups excluding carboxylic acids is 3. The standard InChI is InChI=1S/C25H30N2O5/c1-14-8-9-19(31-5)16(11-14)26-23(29)17-7-6-10-27(17)24(30)22-15(2)21-18(28)12-25(3,4)13-20(21)32-22/h8-9,11,17H,6-7,10,12-13H2,1-5H3,(H,26,29). The lowest BCUT2D eigenvalue weighted by atomic mass is 9.76. The van der Waals surface area contributed by atoms with Gasteiger partial charge in [-0.3, -0.25) is 14.4 Å². The molecule has 7 nitrogen and oxygen atoms in total. The molecule has 0 bridgehead atoms. The molecule has 1 fully saturated rings. The van der Waals surface area contributed by atoms with Crippen LogP contribution in [0, 0.1) is 19.3 Å². The predicted molar refractivity (Wildman–Crippen MR) is 120 cm³/mol. The molecule has 2 aromatic rings. The maximum Gasteiger partial charge on any atom is 0.290 e. The fourth-order valence-electron chi connectivity index (χ4n) is 4.84. The van der Waals surface area contributed by atoms with E-state index in [9.17, 15) is 14.4 Å². The average Bonchev–Trinajstić information content (AvgIpc) is 3.32. The van der Waals surface area contributed by atoms with E-state index in [1.165, 1.54) is 0 Å². The van der Waals surface area contributed by atoms with Crippen molar-refractivity contribution in [3.63, 3.8) is 0 Å². The van der Waals surface area contributed by atoms with E-state index in [0.717, 1.165) is 12.0 Å². The second-order valence-electron chi connectivity index (χ2n) is 9.64. The lowest BCUT2D eigenvalue weighted by Gasteiger charge is -2.27. The largest absolute Gasteiger partial charge is 0.495 e. The fraction of sp³-hybridized carbons (Fsp3) is 0.480. The fourth-order valence-corrected chi connectivity index (χ4v) is 4.84. The first kappa shape index (κ1) is 22.1. The number of fused-ring (bicyclic) bond motifs is 1. The zero-order valence-electron chi connectivity index (χ0n) is 19.3. The van der Waals surface area contributed by atoms with Crippen LogP contribution < -0.4 is 10.1 Å². The summed E-state index contributed by atoms with van der Waals surface area (Å²) in [6, 6.07) is 4.94. The molecule has 2 heterocycles. The van der Waals surface area contributed by atoms with Crippen molar-refractivity contribution in [2.45, 2.75) is 59.4 Å². The number of ketones is 1. The number of ether oxygens (including phenoxy) is 1. The Labute approximate surface area is 188 Å². The predicted octanol–water partition coefficient (Wildman–Crippen LogP) is 4.30. The van der Waals surface area contributed by atoms with E-state index in [0.29, 0.717) is 54.1 Å². The van der Waals surface area contributed by atoms with Crippen LogP contribution in [-0.2, 0) is 11.2 Å². The Morgan fingerprint density at radius 1 is 1.22 bits per heavy atom. The van der Waals surface area contributed by atoms with Gasteiger partial charge in [0.2, 0.25) is 5.91 Å². The number of nitrogens with zero attached hydrogens (tertiary/aromatic N) is 1. The minimum absolute atomic E-state index is 0.0128. The summed E-state index contributed by atoms with van der Waals surface area (Å²) in [7, 11) is 1.55. The highest BCUT2D eigenvalue weighted by Crippen LogP contribution is 2.39. The number of amides is 2. The number of nitrogens with one attached hydrogen (secondary N) is 1. The van der Waals surface area contributed by atoms with Crippen molar-refractivity contribution in [3.05, 3.63) is 46.4 Å². The highest BCUT2D eigenvalue weighted by Gasteiger charge is 2.41. The number of furan rings is 1. The van der Waals surface area contributed by atoms with Gasteiger partial charge in [0.1, 0.15) is 17.6 Å². The highest BCUT2D eigenvalue weighted by atomic mass is 16.5. The lowest BCUT2D eigenvalue weighted by molar-refractivity contribution is -0.119. The Bertz CT molecular complexity index is 1100. The van der Waals surface area contributed by atoms with Crippen LogP contribution in [0.2, 0.25) is 0 Å². The zero-order chi connectivity index (χ0) is 23.2. The van der Waals surface area contributed by atoms with E-state index in [4.69, 9.17) is 9.15 Å². The van der Waals surface area contributed by atoms with Crippen LogP contribution in [0.4, 0.5) is 5.69 Å². The molecule has 1 aliphatic carbocycles. The summed E-state index contributed by atoms with van der Waals surface area (Å²) < 4.78 is 11.3. The molecule has 1 N–H and O–H groups in total. The molecular weight excluding hydrogens is 408 g/mol. The molecule has 0 radical (unpaired) electrons. The molecule has 0 spiro atoms. The number of rotatable bonds is 4. The number of benzene rings is 1. The van der Waals surface area contributed by atoms with Crippen LogP contribution in [0.1, 0.15) is 70.9 Å². The van der Waals surface area contributed by atoms with Crippen LogP contribution in [0.25, 0.3) is 0 Å². The first-order valence-corrected chi connectivity index (χ1v) is 11.0. The number of hydrogen-bond donors (Lipinski definition) is 1. The zero-order valence-corrected chi connectivity index (χ0v) is 19.3. The van der Waals surface area contributed by atoms with Crippen molar-refractivity contribution in [1.29, 1.82) is 0 Å². The third kappa shape index (κ3) is 3.92. The minimum Gasteiger partial charge on any atom is -0.495 e. The summed E-state index contributed by atoms with van der Waals surface area (Å²) in [6.45, 7) is 8.20. The van der Waals surface area contributed by atoms with E-state index in [1.54, 1.807) is 25.0 Å². The summed E-state index contributed by atoms with van der Waals surface area (Å²) in [5.74, 6) is 0.738. The molecule has 170 valence electrons. The van der Waals surface area contributed by atoms with Crippen LogP contribution in [-0.4, -0.2) is 42.2 Å². The van der Waals surface area contributed by atoms with Crippen molar-refractivity contribution in [2.24, 2.45) is 5.41 Å². The Hall–Kier alpha value is -3.09. The van der Waals surface area contributed by atoms with Crippen molar-refractivity contribution in [1.82, 2.24) is 4.90 Å². The maximum atomic E-state index is 13.4. The molecule has 1 aliphatic heterocycles. The number of likely N-dealkylation sites (tertiary alicyclic amines) is 1. The first-order valence-electron chi connectivity index (χ1n) is 11.0. The van der Waals surface area contributed by atoms with Gasteiger partial charge in [0.25, 0.3) is 5.91 Å². The number of carbonyl (C=O) groups is 3. The van der Waals surface area contributed by atoms with Gasteiger partial charge in [0, 0.05) is 24.9 Å². The third-order valence-electron chi connectivity index (χ3n) is 6.40. The minimum atomic E-state index is -0.610. The molecule has 1 aromatic heterocycles. The maximum absolute atomic E-state index is 13.4. The highest BCUT2D eigenvalue weighted by molar-refractivity contribution is 6.05. The van der Waals surface area contributed by atoms with Gasteiger partial charge in [-0.25, -0.2) is 0 Å². The number of aryl methyl sites for hydroxylation is 1. The van der Waals surface area contributed by atoms with Gasteiger partial charge in [-0.05, 0) is 49.8 Å². The molecule has 1 aromatic carbocycles. The summed E-state index contributed by atoms with van der Waals surface area (Å²) in [4.78, 5) is 40.8. The molecule has 0 saturated carbocycles. The monoisotopic (exact) mass is 438 g/mol. The molecule has 7 heteroatoms. The lowest BCUT2D eigenvalue weighted by Crippen LogP contribution is -2.43. The van der Waals surface area contributed by atoms with E-state index >= 15 is 0 Å². The Morgan fingerprint density at radius 2 is 1.97 bits per heavy atom. The summed E-state index contributed by atoms with van der Waals surface area (Å²) in [5, 5.41) is 2.92. The van der Waals surface area contributed by atoms with Gasteiger partial charge in [-0.1, -0.05) is 19.9 Å². The van der Waals surface area contributed by atoms with E-state index in [-0.39, 0.29) is 28.8 Å². The van der Waals surface area contributed by atoms with Crippen molar-refractivity contribution >= 4 is 23.3 Å². The Morgan fingerprint density at radius 3 is 2.69 bits per heavy atom. The summed E-state index contributed by atoms with van der Waals surface area (Å²) in [5.41, 5.74) is 2.49. The first-order chi connectivity index (χ1) is 15.1. The number of Topliss-reactive ketones (excluding diaryl/α,β-unsaturated/α-hetero) is 1. The number of anilines is 1. The topological polar surface area (TPSA) is 88.8 Å². The smallest absolute Gasteiger partial charge is 0.290 e. The molecule has 1 saturated heterocycles. The normalized spacial score (nSPS) is 19.6. The molecule has 1 unspecified atom stereocenters. The molecule has 2 aliphatic rings. The van der Waals surface area contributed by atoms with Gasteiger partial charge in [0.15, 0.2) is 11.5 Å². The Balaban J connectivity index is 1.58. The second kappa shape index (κ2) is 8.11. The quantitative estimate of drug-likeness (QED) is 0.769.